The van der Waals surface area contributed by atoms with Crippen molar-refractivity contribution in [1.29, 1.82) is 0 Å². The summed E-state index contributed by atoms with van der Waals surface area (Å²) in [5.74, 6) is -0.575. The predicted molar refractivity (Wildman–Crippen MR) is 127 cm³/mol. The fourth-order valence-electron chi connectivity index (χ4n) is 4.15. The van der Waals surface area contributed by atoms with E-state index in [9.17, 15) is 12.8 Å². The van der Waals surface area contributed by atoms with Crippen LogP contribution >= 0.6 is 11.3 Å². The van der Waals surface area contributed by atoms with Crippen LogP contribution in [0, 0.1) is 12.7 Å². The minimum absolute atomic E-state index is 0.190. The van der Waals surface area contributed by atoms with Gasteiger partial charge in [0.25, 0.3) is 10.0 Å². The van der Waals surface area contributed by atoms with Crippen LogP contribution in [0.2, 0.25) is 0 Å². The number of benzene rings is 2. The zero-order valence-corrected chi connectivity index (χ0v) is 19.8. The highest BCUT2D eigenvalue weighted by atomic mass is 32.2. The lowest BCUT2D eigenvalue weighted by molar-refractivity contribution is 0.338. The van der Waals surface area contributed by atoms with Crippen molar-refractivity contribution in [3.05, 3.63) is 70.3 Å². The first kappa shape index (κ1) is 22.7. The molecule has 0 radical (unpaired) electrons. The number of hydrogen-bond donors (Lipinski definition) is 1. The van der Waals surface area contributed by atoms with Gasteiger partial charge in [-0.2, -0.15) is 0 Å². The molecule has 170 valence electrons. The van der Waals surface area contributed by atoms with E-state index in [1.165, 1.54) is 34.5 Å². The molecule has 9 heteroatoms. The number of aromatic nitrogens is 1. The third kappa shape index (κ3) is 5.11. The van der Waals surface area contributed by atoms with Crippen LogP contribution in [0.4, 0.5) is 15.9 Å². The third-order valence-corrected chi connectivity index (χ3v) is 7.90. The van der Waals surface area contributed by atoms with Crippen LogP contribution in [-0.4, -0.2) is 51.0 Å². The second kappa shape index (κ2) is 9.56. The molecule has 0 spiro atoms. The molecule has 2 aromatic carbocycles. The molecule has 0 aliphatic carbocycles. The van der Waals surface area contributed by atoms with Crippen LogP contribution in [0.25, 0.3) is 0 Å². The van der Waals surface area contributed by atoms with E-state index in [4.69, 9.17) is 0 Å². The third-order valence-electron chi connectivity index (χ3n) is 5.95. The molecule has 1 saturated heterocycles. The largest absolute Gasteiger partial charge is 0.370 e. The van der Waals surface area contributed by atoms with Crippen molar-refractivity contribution in [3.8, 4) is 0 Å². The Balaban J connectivity index is 1.44. The lowest BCUT2D eigenvalue weighted by atomic mass is 10.1. The van der Waals surface area contributed by atoms with E-state index < -0.39 is 15.8 Å². The number of aryl methyl sites for hydroxylation is 1. The number of nitrogens with one attached hydrogen (secondary N) is 1. The fourth-order valence-corrected chi connectivity index (χ4v) is 5.85. The Morgan fingerprint density at radius 2 is 2.06 bits per heavy atom. The van der Waals surface area contributed by atoms with E-state index in [1.54, 1.807) is 5.38 Å². The van der Waals surface area contributed by atoms with E-state index in [1.807, 2.05) is 20.0 Å². The number of likely N-dealkylation sites (tertiary alicyclic amines) is 1. The van der Waals surface area contributed by atoms with E-state index in [2.05, 4.69) is 43.8 Å². The van der Waals surface area contributed by atoms with Gasteiger partial charge in [0.05, 0.1) is 5.51 Å². The second-order valence-corrected chi connectivity index (χ2v) is 10.5. The zero-order valence-electron chi connectivity index (χ0n) is 18.2. The monoisotopic (exact) mass is 474 g/mol. The molecule has 1 atom stereocenters. The van der Waals surface area contributed by atoms with Gasteiger partial charge in [-0.15, -0.1) is 11.3 Å². The molecule has 0 saturated carbocycles. The number of likely N-dealkylation sites (N-methyl/N-ethyl adjacent to an activating group) is 1. The molecule has 1 N–H and O–H groups in total. The molecule has 2 heterocycles. The average Bonchev–Trinajstić information content (AvgIpc) is 3.45. The van der Waals surface area contributed by atoms with Crippen molar-refractivity contribution in [2.45, 2.75) is 30.7 Å². The minimum atomic E-state index is -4.05. The summed E-state index contributed by atoms with van der Waals surface area (Å²) >= 11 is 1.26. The Hall–Kier alpha value is -2.49. The van der Waals surface area contributed by atoms with Crippen LogP contribution in [0.15, 0.2) is 58.3 Å². The fraction of sp³-hybridized carbons (Fsp3) is 0.348. The number of anilines is 2. The van der Waals surface area contributed by atoms with Gasteiger partial charge in [0.15, 0.2) is 5.82 Å². The second-order valence-electron chi connectivity index (χ2n) is 8.14. The highest BCUT2D eigenvalue weighted by Crippen LogP contribution is 2.30. The summed E-state index contributed by atoms with van der Waals surface area (Å²) < 4.78 is 42.5. The maximum absolute atomic E-state index is 14.9. The van der Waals surface area contributed by atoms with Crippen LogP contribution in [0.1, 0.15) is 17.5 Å². The summed E-state index contributed by atoms with van der Waals surface area (Å²) in [7, 11) is -2.09. The van der Waals surface area contributed by atoms with Gasteiger partial charge >= 0.3 is 0 Å². The first-order chi connectivity index (χ1) is 15.3. The lowest BCUT2D eigenvalue weighted by Crippen LogP contribution is -2.35. The van der Waals surface area contributed by atoms with Crippen molar-refractivity contribution >= 4 is 32.9 Å². The maximum atomic E-state index is 14.9. The topological polar surface area (TPSA) is 65.5 Å². The molecule has 0 bridgehead atoms. The number of halogens is 1. The summed E-state index contributed by atoms with van der Waals surface area (Å²) in [5.41, 5.74) is 4.27. The van der Waals surface area contributed by atoms with E-state index in [-0.39, 0.29) is 16.8 Å². The molecular weight excluding hydrogens is 447 g/mol. The SMILES string of the molecule is Cc1cc(S(=O)(=O)Nc2cscn2)c(F)cc1N(C)[C@H]1CCN(CCc2ccccc2)C1. The Labute approximate surface area is 192 Å². The minimum Gasteiger partial charge on any atom is -0.370 e. The molecule has 3 aromatic rings. The molecule has 4 rings (SSSR count). The number of nitrogens with zero attached hydrogens (tertiary/aromatic N) is 3. The van der Waals surface area contributed by atoms with Crippen LogP contribution < -0.4 is 9.62 Å². The Kier molecular flexibility index (Phi) is 6.78. The zero-order chi connectivity index (χ0) is 22.7. The molecule has 0 unspecified atom stereocenters. The Bertz CT molecular complexity index is 1150. The molecule has 32 heavy (non-hydrogen) atoms. The molecular formula is C23H27FN4O2S2. The molecule has 1 fully saturated rings. The van der Waals surface area contributed by atoms with Crippen molar-refractivity contribution in [2.75, 3.05) is 36.3 Å². The molecule has 1 aliphatic rings. The van der Waals surface area contributed by atoms with Gasteiger partial charge in [0, 0.05) is 43.8 Å². The normalized spacial score (nSPS) is 16.9. The number of thiazole rings is 1. The highest BCUT2D eigenvalue weighted by molar-refractivity contribution is 7.92. The smallest absolute Gasteiger partial charge is 0.266 e. The maximum Gasteiger partial charge on any atom is 0.266 e. The van der Waals surface area contributed by atoms with Crippen molar-refractivity contribution in [1.82, 2.24) is 9.88 Å². The quantitative estimate of drug-likeness (QED) is 0.532. The van der Waals surface area contributed by atoms with Gasteiger partial charge in [0.2, 0.25) is 0 Å². The summed E-state index contributed by atoms with van der Waals surface area (Å²) in [5, 5.41) is 1.56. The van der Waals surface area contributed by atoms with Gasteiger partial charge in [-0.1, -0.05) is 30.3 Å². The Morgan fingerprint density at radius 3 is 2.78 bits per heavy atom. The molecule has 0 amide bonds. The van der Waals surface area contributed by atoms with Gasteiger partial charge in [-0.25, -0.2) is 17.8 Å². The summed E-state index contributed by atoms with van der Waals surface area (Å²) in [4.78, 5) is 8.05. The van der Waals surface area contributed by atoms with Gasteiger partial charge < -0.3 is 9.80 Å². The number of sulfonamides is 1. The van der Waals surface area contributed by atoms with E-state index in [0.717, 1.165) is 38.0 Å². The number of rotatable bonds is 8. The highest BCUT2D eigenvalue weighted by Gasteiger charge is 2.28. The van der Waals surface area contributed by atoms with Gasteiger partial charge in [0.1, 0.15) is 10.7 Å². The molecule has 1 aromatic heterocycles. The van der Waals surface area contributed by atoms with Crippen LogP contribution in [0.3, 0.4) is 0 Å². The first-order valence-corrected chi connectivity index (χ1v) is 13.0. The number of hydrogen-bond acceptors (Lipinski definition) is 6. The van der Waals surface area contributed by atoms with E-state index in [0.29, 0.717) is 5.69 Å². The van der Waals surface area contributed by atoms with Gasteiger partial charge in [-0.3, -0.25) is 4.72 Å². The predicted octanol–water partition coefficient (Wildman–Crippen LogP) is 4.14. The molecule has 1 aliphatic heterocycles. The van der Waals surface area contributed by atoms with E-state index >= 15 is 0 Å². The van der Waals surface area contributed by atoms with Crippen LogP contribution in [-0.2, 0) is 16.4 Å². The average molecular weight is 475 g/mol. The summed E-state index contributed by atoms with van der Waals surface area (Å²) in [6, 6.07) is 13.4. The van der Waals surface area contributed by atoms with Crippen molar-refractivity contribution in [3.63, 3.8) is 0 Å². The first-order valence-electron chi connectivity index (χ1n) is 10.5. The lowest BCUT2D eigenvalue weighted by Gasteiger charge is -2.29. The van der Waals surface area contributed by atoms with Crippen molar-refractivity contribution < 1.29 is 12.8 Å². The summed E-state index contributed by atoms with van der Waals surface area (Å²) in [6.07, 6.45) is 1.99. The van der Waals surface area contributed by atoms with Crippen LogP contribution in [0.5, 0.6) is 0 Å². The Morgan fingerprint density at radius 1 is 1.28 bits per heavy atom. The van der Waals surface area contributed by atoms with Crippen molar-refractivity contribution in [2.24, 2.45) is 0 Å². The molecule has 6 nitrogen and oxygen atoms in total. The summed E-state index contributed by atoms with van der Waals surface area (Å²) in [6.45, 7) is 4.69. The van der Waals surface area contributed by atoms with Gasteiger partial charge in [-0.05, 0) is 43.0 Å². The standard InChI is InChI=1S/C23H27FN4O2S2/c1-17-12-22(32(29,30)26-23-15-31-16-25-23)20(24)13-21(17)27(2)19-9-11-28(14-19)10-8-18-6-4-3-5-7-18/h3-7,12-13,15-16,19,26H,8-11,14H2,1-2H3/t19-/m0/s1.